The highest BCUT2D eigenvalue weighted by molar-refractivity contribution is 7.80. The first-order valence-electron chi connectivity index (χ1n) is 6.37. The van der Waals surface area contributed by atoms with Gasteiger partial charge in [0.15, 0.2) is 11.3 Å². The first kappa shape index (κ1) is 17.3. The fourth-order valence-corrected chi connectivity index (χ4v) is 2.55. The lowest BCUT2D eigenvalue weighted by molar-refractivity contribution is -0.118. The molecule has 0 aromatic heterocycles. The van der Waals surface area contributed by atoms with Crippen LogP contribution in [-0.2, 0) is 9.53 Å². The topological polar surface area (TPSA) is 111 Å². The zero-order chi connectivity index (χ0) is 15.5. The Balaban J connectivity index is 2.53. The summed E-state index contributed by atoms with van der Waals surface area (Å²) in [5, 5.41) is 34.2. The molecule has 0 radical (unpaired) electrons. The van der Waals surface area contributed by atoms with Gasteiger partial charge in [-0.25, -0.2) is 0 Å². The van der Waals surface area contributed by atoms with Crippen molar-refractivity contribution in [3.63, 3.8) is 0 Å². The maximum absolute atomic E-state index is 11.1. The molecule has 1 aliphatic heterocycles. The van der Waals surface area contributed by atoms with Gasteiger partial charge in [0.1, 0.15) is 24.1 Å². The zero-order valence-corrected chi connectivity index (χ0v) is 12.6. The van der Waals surface area contributed by atoms with Crippen LogP contribution in [0.4, 0.5) is 0 Å². The Morgan fingerprint density at radius 2 is 1.95 bits per heavy atom. The number of Topliss-reactive ketones (excluding diaryl/α,β-unsaturated/α-hetero) is 1. The average Bonchev–Trinajstić information content (AvgIpc) is 2.54. The van der Waals surface area contributed by atoms with E-state index in [9.17, 15) is 15.0 Å². The van der Waals surface area contributed by atoms with E-state index in [1.165, 1.54) is 6.92 Å². The molecule has 0 aromatic carbocycles. The second-order valence-corrected chi connectivity index (χ2v) is 6.03. The van der Waals surface area contributed by atoms with Crippen LogP contribution in [0.3, 0.4) is 0 Å². The molecule has 0 unspecified atom stereocenters. The highest BCUT2D eigenvalue weighted by atomic mass is 32.1. The molecule has 0 spiro atoms. The van der Waals surface area contributed by atoms with E-state index < -0.39 is 36.7 Å². The van der Waals surface area contributed by atoms with Crippen molar-refractivity contribution in [2.24, 2.45) is 0 Å². The minimum Gasteiger partial charge on any atom is -0.394 e. The maximum Gasteiger partial charge on any atom is 0.168 e. The molecule has 20 heavy (non-hydrogen) atoms. The van der Waals surface area contributed by atoms with E-state index in [0.29, 0.717) is 6.42 Å². The Morgan fingerprint density at radius 3 is 2.40 bits per heavy atom. The Kier molecular flexibility index (Phi) is 5.84. The summed E-state index contributed by atoms with van der Waals surface area (Å²) in [5.41, 5.74) is -0.533. The van der Waals surface area contributed by atoms with Gasteiger partial charge in [0.05, 0.1) is 6.61 Å². The molecule has 0 bridgehead atoms. The summed E-state index contributed by atoms with van der Waals surface area (Å²) in [6, 6.07) is 0. The van der Waals surface area contributed by atoms with E-state index in [4.69, 9.17) is 22.1 Å². The molecule has 0 saturated carbocycles. The molecule has 7 nitrogen and oxygen atoms in total. The third-order valence-corrected chi connectivity index (χ3v) is 3.18. The van der Waals surface area contributed by atoms with Gasteiger partial charge in [0.2, 0.25) is 0 Å². The number of aliphatic hydroxyl groups is 3. The lowest BCUT2D eigenvalue weighted by Crippen LogP contribution is -2.53. The summed E-state index contributed by atoms with van der Waals surface area (Å²) in [5.74, 6) is 0.0261. The van der Waals surface area contributed by atoms with Crippen molar-refractivity contribution in [3.8, 4) is 0 Å². The first-order chi connectivity index (χ1) is 9.16. The highest BCUT2D eigenvalue weighted by Gasteiger charge is 2.42. The van der Waals surface area contributed by atoms with Crippen molar-refractivity contribution >= 4 is 23.1 Å². The van der Waals surface area contributed by atoms with E-state index in [2.05, 4.69) is 10.6 Å². The highest BCUT2D eigenvalue weighted by Crippen LogP contribution is 2.19. The molecule has 0 aromatic rings. The molecule has 1 fully saturated rings. The quantitative estimate of drug-likeness (QED) is 0.396. The molecule has 5 N–H and O–H groups in total. The van der Waals surface area contributed by atoms with Crippen LogP contribution in [-0.4, -0.2) is 62.9 Å². The number of hydrogen-bond donors (Lipinski definition) is 5. The van der Waals surface area contributed by atoms with Gasteiger partial charge in [-0.15, -0.1) is 0 Å². The van der Waals surface area contributed by atoms with Crippen molar-refractivity contribution < 1.29 is 24.9 Å². The van der Waals surface area contributed by atoms with Gasteiger partial charge < -0.3 is 30.7 Å². The van der Waals surface area contributed by atoms with Crippen molar-refractivity contribution in [2.75, 3.05) is 6.61 Å². The number of rotatable bonds is 5. The molecule has 0 aliphatic carbocycles. The fourth-order valence-electron chi connectivity index (χ4n) is 2.16. The molecular formula is C12H22N2O5S. The summed E-state index contributed by atoms with van der Waals surface area (Å²) < 4.78 is 5.25. The van der Waals surface area contributed by atoms with Crippen molar-refractivity contribution in [1.29, 1.82) is 0 Å². The summed E-state index contributed by atoms with van der Waals surface area (Å²) in [6.07, 6.45) is -3.83. The Labute approximate surface area is 123 Å². The number of thiocarbonyl (C=S) groups is 1. The van der Waals surface area contributed by atoms with Gasteiger partial charge in [-0.3, -0.25) is 4.79 Å². The molecule has 0 amide bonds. The number of nitrogens with one attached hydrogen (secondary N) is 2. The van der Waals surface area contributed by atoms with Gasteiger partial charge in [-0.1, -0.05) is 0 Å². The lowest BCUT2D eigenvalue weighted by atomic mass is 9.99. The molecule has 8 heteroatoms. The Morgan fingerprint density at radius 1 is 1.35 bits per heavy atom. The lowest BCUT2D eigenvalue weighted by Gasteiger charge is -2.28. The van der Waals surface area contributed by atoms with Crippen molar-refractivity contribution in [2.45, 2.75) is 57.3 Å². The van der Waals surface area contributed by atoms with Crippen molar-refractivity contribution in [3.05, 3.63) is 0 Å². The van der Waals surface area contributed by atoms with Gasteiger partial charge in [-0.2, -0.15) is 0 Å². The normalized spacial score (nSPS) is 30.1. The van der Waals surface area contributed by atoms with E-state index >= 15 is 0 Å². The Bertz CT molecular complexity index is 377. The molecule has 4 atom stereocenters. The number of aliphatic hydroxyl groups excluding tert-OH is 3. The number of hydrogen-bond acceptors (Lipinski definition) is 6. The van der Waals surface area contributed by atoms with E-state index in [1.807, 2.05) is 13.8 Å². The maximum atomic E-state index is 11.1. The van der Waals surface area contributed by atoms with Crippen LogP contribution in [0.5, 0.6) is 0 Å². The minimum atomic E-state index is -1.19. The number of carbonyl (C=O) groups excluding carboxylic acids is 1. The van der Waals surface area contributed by atoms with Crippen LogP contribution in [0.25, 0.3) is 0 Å². The molecule has 1 rings (SSSR count). The first-order valence-corrected chi connectivity index (χ1v) is 6.77. The van der Waals surface area contributed by atoms with E-state index in [1.54, 1.807) is 0 Å². The number of ketones is 1. The molecule has 1 heterocycles. The molecule has 1 aliphatic rings. The predicted octanol–water partition coefficient (Wildman–Crippen LogP) is -1.35. The molecule has 1 saturated heterocycles. The van der Waals surface area contributed by atoms with Crippen LogP contribution in [0.1, 0.15) is 27.2 Å². The third kappa shape index (κ3) is 4.64. The molecular weight excluding hydrogens is 284 g/mol. The summed E-state index contributed by atoms with van der Waals surface area (Å²) in [7, 11) is 0. The second-order valence-electron chi connectivity index (χ2n) is 5.62. The summed E-state index contributed by atoms with van der Waals surface area (Å²) in [4.78, 5) is 11.1. The fraction of sp³-hybridized carbons (Fsp3) is 0.833. The number of ether oxygens (including phenoxy) is 1. The largest absolute Gasteiger partial charge is 0.394 e. The minimum absolute atomic E-state index is 0.0261. The van der Waals surface area contributed by atoms with Crippen LogP contribution in [0, 0.1) is 0 Å². The van der Waals surface area contributed by atoms with Crippen molar-refractivity contribution in [1.82, 2.24) is 10.6 Å². The average molecular weight is 306 g/mol. The van der Waals surface area contributed by atoms with Gasteiger partial charge >= 0.3 is 0 Å². The summed E-state index contributed by atoms with van der Waals surface area (Å²) >= 11 is 5.09. The second kappa shape index (κ2) is 6.77. The number of carbonyl (C=O) groups is 1. The molecule has 116 valence electrons. The van der Waals surface area contributed by atoms with Crippen LogP contribution >= 0.6 is 12.2 Å². The van der Waals surface area contributed by atoms with Crippen LogP contribution in [0.2, 0.25) is 0 Å². The predicted molar refractivity (Wildman–Crippen MR) is 76.0 cm³/mol. The van der Waals surface area contributed by atoms with Gasteiger partial charge in [0.25, 0.3) is 0 Å². The van der Waals surface area contributed by atoms with Gasteiger partial charge in [-0.05, 0) is 33.0 Å². The Hall–Kier alpha value is -0.800. The van der Waals surface area contributed by atoms with Gasteiger partial charge in [0, 0.05) is 12.0 Å². The monoisotopic (exact) mass is 306 g/mol. The van der Waals surface area contributed by atoms with Crippen LogP contribution < -0.4 is 10.6 Å². The summed E-state index contributed by atoms with van der Waals surface area (Å²) in [6.45, 7) is 4.73. The standard InChI is InChI=1S/C12H22N2O5S/c1-6(16)4-12(2,3)14-11(20)13-10-9(18)8(17)7(5-15)19-10/h7-10,15,17-18H,4-5H2,1-3H3,(H2,13,14,20)/t7-,8-,9-,10-/m1/s1. The SMILES string of the molecule is CC(=O)CC(C)(C)NC(=S)N[C@@H]1O[C@H](CO)[C@@H](O)[C@H]1O. The van der Waals surface area contributed by atoms with E-state index in [-0.39, 0.29) is 10.9 Å². The zero-order valence-electron chi connectivity index (χ0n) is 11.8. The third-order valence-electron chi connectivity index (χ3n) is 2.96. The smallest absolute Gasteiger partial charge is 0.168 e. The van der Waals surface area contributed by atoms with Crippen LogP contribution in [0.15, 0.2) is 0 Å². The van der Waals surface area contributed by atoms with E-state index in [0.717, 1.165) is 0 Å².